The molecule has 0 aliphatic heterocycles. The van der Waals surface area contributed by atoms with Crippen LogP contribution < -0.4 is 5.73 Å². The normalized spacial score (nSPS) is 28.4. The van der Waals surface area contributed by atoms with E-state index in [1.54, 1.807) is 30.3 Å². The SMILES string of the molecule is NC(=O)C1=C(O)[C@@]2(O)C(=O)C3=C(O)c4c(O)ccc(-c5ccccc5)c4[C@H](O)[C@H]3C[C@H]2CC1=O. The number of hydrogen-bond acceptors (Lipinski definition) is 8. The standard InChI is InChI=1S/C25H21NO8/c26-24(33)19-15(28)9-11-8-13-17(22(31)25(11,34)23(19)32)21(30)18-14(27)7-6-12(16(18)20(13)29)10-4-2-1-3-5-10/h1-7,11,13,20,27,29-30,32,34H,8-9H2,(H2,26,33)/t11-,13-,20+,25-/m0/s1. The number of rotatable bonds is 2. The topological polar surface area (TPSA) is 178 Å². The lowest BCUT2D eigenvalue weighted by Gasteiger charge is -2.47. The number of fused-ring (bicyclic) bond motifs is 3. The molecule has 7 N–H and O–H groups in total. The molecule has 0 aromatic heterocycles. The fourth-order valence-corrected chi connectivity index (χ4v) is 5.53. The third-order valence-electron chi connectivity index (χ3n) is 7.12. The van der Waals surface area contributed by atoms with Crippen LogP contribution in [0.2, 0.25) is 0 Å². The zero-order valence-corrected chi connectivity index (χ0v) is 17.7. The molecule has 174 valence electrons. The van der Waals surface area contributed by atoms with Crippen molar-refractivity contribution in [3.05, 3.63) is 70.5 Å². The lowest BCUT2D eigenvalue weighted by molar-refractivity contribution is -0.149. The fourth-order valence-electron chi connectivity index (χ4n) is 5.53. The molecule has 1 amide bonds. The Bertz CT molecular complexity index is 1340. The first-order chi connectivity index (χ1) is 16.1. The largest absolute Gasteiger partial charge is 0.508 e. The van der Waals surface area contributed by atoms with Crippen LogP contribution in [-0.4, -0.2) is 48.6 Å². The molecule has 0 saturated heterocycles. The monoisotopic (exact) mass is 463 g/mol. The van der Waals surface area contributed by atoms with Crippen LogP contribution in [0.1, 0.15) is 30.1 Å². The Hall–Kier alpha value is -3.95. The molecule has 0 spiro atoms. The van der Waals surface area contributed by atoms with Crippen LogP contribution in [-0.2, 0) is 14.4 Å². The number of amides is 1. The van der Waals surface area contributed by atoms with Crippen LogP contribution in [0.4, 0.5) is 0 Å². The second-order valence-electron chi connectivity index (χ2n) is 8.84. The summed E-state index contributed by atoms with van der Waals surface area (Å²) in [5.41, 5.74) is 2.50. The van der Waals surface area contributed by atoms with Crippen LogP contribution >= 0.6 is 0 Å². The summed E-state index contributed by atoms with van der Waals surface area (Å²) in [6.07, 6.45) is -2.00. The molecule has 3 aliphatic carbocycles. The van der Waals surface area contributed by atoms with Gasteiger partial charge in [-0.1, -0.05) is 36.4 Å². The Balaban J connectivity index is 1.76. The molecule has 9 nitrogen and oxygen atoms in total. The van der Waals surface area contributed by atoms with Gasteiger partial charge in [-0.25, -0.2) is 0 Å². The number of primary amides is 1. The summed E-state index contributed by atoms with van der Waals surface area (Å²) < 4.78 is 0. The summed E-state index contributed by atoms with van der Waals surface area (Å²) in [5.74, 6) is -7.68. The summed E-state index contributed by atoms with van der Waals surface area (Å²) >= 11 is 0. The molecule has 2 aromatic rings. The minimum Gasteiger partial charge on any atom is -0.508 e. The van der Waals surface area contributed by atoms with Crippen molar-refractivity contribution >= 4 is 23.2 Å². The number of Topliss-reactive ketones (excluding diaryl/α,β-unsaturated/α-hetero) is 2. The summed E-state index contributed by atoms with van der Waals surface area (Å²) in [6.45, 7) is 0. The van der Waals surface area contributed by atoms with Crippen molar-refractivity contribution in [2.24, 2.45) is 17.6 Å². The highest BCUT2D eigenvalue weighted by Gasteiger charge is 2.61. The first kappa shape index (κ1) is 21.9. The number of phenols is 1. The van der Waals surface area contributed by atoms with E-state index in [0.717, 1.165) is 0 Å². The predicted molar refractivity (Wildman–Crippen MR) is 118 cm³/mol. The number of carbonyl (C=O) groups excluding carboxylic acids is 3. The zero-order valence-electron chi connectivity index (χ0n) is 17.7. The maximum Gasteiger partial charge on any atom is 0.255 e. The van der Waals surface area contributed by atoms with Gasteiger partial charge in [0, 0.05) is 29.4 Å². The van der Waals surface area contributed by atoms with Gasteiger partial charge < -0.3 is 31.3 Å². The predicted octanol–water partition coefficient (Wildman–Crippen LogP) is 1.58. The van der Waals surface area contributed by atoms with Gasteiger partial charge in [0.05, 0.1) is 11.7 Å². The Labute approximate surface area is 193 Å². The summed E-state index contributed by atoms with van der Waals surface area (Å²) in [6, 6.07) is 11.9. The fraction of sp³-hybridized carbons (Fsp3) is 0.240. The van der Waals surface area contributed by atoms with Gasteiger partial charge in [0.15, 0.2) is 11.4 Å². The second kappa shape index (κ2) is 7.28. The zero-order chi connectivity index (χ0) is 24.5. The Morgan fingerprint density at radius 2 is 1.71 bits per heavy atom. The lowest BCUT2D eigenvalue weighted by atomic mass is 9.58. The van der Waals surface area contributed by atoms with Crippen LogP contribution in [0, 0.1) is 11.8 Å². The maximum absolute atomic E-state index is 13.5. The van der Waals surface area contributed by atoms with E-state index in [9.17, 15) is 39.9 Å². The molecule has 2 aromatic carbocycles. The molecule has 0 heterocycles. The smallest absolute Gasteiger partial charge is 0.255 e. The Morgan fingerprint density at radius 3 is 2.35 bits per heavy atom. The second-order valence-corrected chi connectivity index (χ2v) is 8.84. The van der Waals surface area contributed by atoms with Crippen molar-refractivity contribution < 1.29 is 39.9 Å². The van der Waals surface area contributed by atoms with Gasteiger partial charge in [0.2, 0.25) is 5.78 Å². The third kappa shape index (κ3) is 2.71. The summed E-state index contributed by atoms with van der Waals surface area (Å²) in [7, 11) is 0. The van der Waals surface area contributed by atoms with E-state index in [1.165, 1.54) is 6.07 Å². The van der Waals surface area contributed by atoms with Gasteiger partial charge in [-0.05, 0) is 23.6 Å². The van der Waals surface area contributed by atoms with Gasteiger partial charge in [-0.2, -0.15) is 0 Å². The highest BCUT2D eigenvalue weighted by molar-refractivity contribution is 6.22. The minimum absolute atomic E-state index is 0.159. The van der Waals surface area contributed by atoms with E-state index in [1.807, 2.05) is 6.07 Å². The van der Waals surface area contributed by atoms with Gasteiger partial charge >= 0.3 is 0 Å². The molecule has 5 rings (SSSR count). The van der Waals surface area contributed by atoms with Crippen LogP contribution in [0.25, 0.3) is 16.9 Å². The number of benzene rings is 2. The summed E-state index contributed by atoms with van der Waals surface area (Å²) in [4.78, 5) is 37.7. The van der Waals surface area contributed by atoms with Crippen LogP contribution in [0.5, 0.6) is 5.75 Å². The Morgan fingerprint density at radius 1 is 1.03 bits per heavy atom. The van der Waals surface area contributed by atoms with Gasteiger partial charge in [-0.3, -0.25) is 14.4 Å². The molecular weight excluding hydrogens is 442 g/mol. The summed E-state index contributed by atoms with van der Waals surface area (Å²) in [5, 5.41) is 54.9. The molecule has 3 aliphatic rings. The number of nitrogens with two attached hydrogens (primary N) is 1. The van der Waals surface area contributed by atoms with Crippen LogP contribution in [0.3, 0.4) is 0 Å². The molecule has 1 fully saturated rings. The number of aromatic hydroxyl groups is 1. The molecule has 9 heteroatoms. The van der Waals surface area contributed by atoms with Crippen molar-refractivity contribution in [2.75, 3.05) is 0 Å². The number of aliphatic hydroxyl groups is 4. The van der Waals surface area contributed by atoms with E-state index in [-0.39, 0.29) is 17.5 Å². The number of ketones is 2. The number of carbonyl (C=O) groups is 3. The first-order valence-corrected chi connectivity index (χ1v) is 10.7. The van der Waals surface area contributed by atoms with Crippen molar-refractivity contribution in [1.29, 1.82) is 0 Å². The number of phenolic OH excluding ortho intramolecular Hbond substituents is 1. The van der Waals surface area contributed by atoms with E-state index in [2.05, 4.69) is 0 Å². The van der Waals surface area contributed by atoms with Crippen LogP contribution in [0.15, 0.2) is 59.4 Å². The number of aliphatic hydroxyl groups excluding tert-OH is 3. The molecule has 0 unspecified atom stereocenters. The lowest BCUT2D eigenvalue weighted by Crippen LogP contribution is -2.58. The Kier molecular flexibility index (Phi) is 4.68. The molecule has 4 atom stereocenters. The van der Waals surface area contributed by atoms with Crippen molar-refractivity contribution in [2.45, 2.75) is 24.5 Å². The molecular formula is C25H21NO8. The van der Waals surface area contributed by atoms with Gasteiger partial charge in [0.1, 0.15) is 22.8 Å². The van der Waals surface area contributed by atoms with Crippen molar-refractivity contribution in [3.8, 4) is 16.9 Å². The minimum atomic E-state index is -2.68. The van der Waals surface area contributed by atoms with Crippen molar-refractivity contribution in [3.63, 3.8) is 0 Å². The molecule has 34 heavy (non-hydrogen) atoms. The van der Waals surface area contributed by atoms with Gasteiger partial charge in [0.25, 0.3) is 5.91 Å². The maximum atomic E-state index is 13.5. The average Bonchev–Trinajstić information content (AvgIpc) is 2.79. The molecule has 0 bridgehead atoms. The quantitative estimate of drug-likeness (QED) is 0.363. The first-order valence-electron chi connectivity index (χ1n) is 10.7. The molecule has 1 saturated carbocycles. The number of hydrogen-bond donors (Lipinski definition) is 6. The van der Waals surface area contributed by atoms with Crippen molar-refractivity contribution in [1.82, 2.24) is 0 Å². The van der Waals surface area contributed by atoms with E-state index >= 15 is 0 Å². The highest BCUT2D eigenvalue weighted by atomic mass is 16.3. The highest BCUT2D eigenvalue weighted by Crippen LogP contribution is 2.56. The van der Waals surface area contributed by atoms with E-state index in [0.29, 0.717) is 11.1 Å². The molecule has 0 radical (unpaired) electrons. The van der Waals surface area contributed by atoms with Gasteiger partial charge in [-0.15, -0.1) is 0 Å². The van der Waals surface area contributed by atoms with E-state index < -0.39 is 75.8 Å². The third-order valence-corrected chi connectivity index (χ3v) is 7.12. The van der Waals surface area contributed by atoms with E-state index in [4.69, 9.17) is 5.73 Å². The average molecular weight is 463 g/mol.